The lowest BCUT2D eigenvalue weighted by atomic mass is 10.2. The van der Waals surface area contributed by atoms with Crippen LogP contribution in [0.2, 0.25) is 0 Å². The molecule has 1 fully saturated rings. The first kappa shape index (κ1) is 19.0. The lowest BCUT2D eigenvalue weighted by Gasteiger charge is -2.11. The molecule has 1 aromatic heterocycles. The third-order valence-corrected chi connectivity index (χ3v) is 4.92. The highest BCUT2D eigenvalue weighted by atomic mass is 35.5. The minimum Gasteiger partial charge on any atom is -0.463 e. The van der Waals surface area contributed by atoms with Gasteiger partial charge in [-0.2, -0.15) is 0 Å². The van der Waals surface area contributed by atoms with Gasteiger partial charge in [-0.3, -0.25) is 0 Å². The van der Waals surface area contributed by atoms with Crippen LogP contribution in [0.5, 0.6) is 0 Å². The van der Waals surface area contributed by atoms with Crippen LogP contribution in [-0.2, 0) is 21.2 Å². The standard InChI is InChI=1S/C13H20N2O5S.ClH/c1-3-10-12(7-11(20-10)13(16)19-2)21(17,18)15-8-9-5-4-6-14-9;/h7,9,14-15H,3-6,8H2,1-2H3;1H. The molecule has 2 N–H and O–H groups in total. The van der Waals surface area contributed by atoms with E-state index < -0.39 is 16.0 Å². The van der Waals surface area contributed by atoms with E-state index in [0.29, 0.717) is 13.0 Å². The summed E-state index contributed by atoms with van der Waals surface area (Å²) in [7, 11) is -2.49. The van der Waals surface area contributed by atoms with E-state index in [1.807, 2.05) is 0 Å². The molecule has 0 aliphatic carbocycles. The molecule has 1 saturated heterocycles. The monoisotopic (exact) mass is 352 g/mol. The zero-order valence-corrected chi connectivity index (χ0v) is 14.2. The van der Waals surface area contributed by atoms with Crippen LogP contribution in [0, 0.1) is 0 Å². The number of rotatable bonds is 6. The van der Waals surface area contributed by atoms with Gasteiger partial charge in [-0.15, -0.1) is 12.4 Å². The number of halogens is 1. The van der Waals surface area contributed by atoms with Gasteiger partial charge in [0.15, 0.2) is 0 Å². The minimum atomic E-state index is -3.70. The van der Waals surface area contributed by atoms with E-state index >= 15 is 0 Å². The molecule has 22 heavy (non-hydrogen) atoms. The normalized spacial score (nSPS) is 18.0. The van der Waals surface area contributed by atoms with Crippen molar-refractivity contribution in [2.24, 2.45) is 0 Å². The predicted molar refractivity (Wildman–Crippen MR) is 82.9 cm³/mol. The second kappa shape index (κ2) is 7.96. The number of hydrogen-bond acceptors (Lipinski definition) is 6. The third kappa shape index (κ3) is 4.22. The summed E-state index contributed by atoms with van der Waals surface area (Å²) in [6.07, 6.45) is 2.36. The Morgan fingerprint density at radius 2 is 2.27 bits per heavy atom. The largest absolute Gasteiger partial charge is 0.463 e. The van der Waals surface area contributed by atoms with Gasteiger partial charge in [0.1, 0.15) is 10.7 Å². The topological polar surface area (TPSA) is 97.6 Å². The molecule has 0 amide bonds. The van der Waals surface area contributed by atoms with Gasteiger partial charge in [0.2, 0.25) is 15.8 Å². The fourth-order valence-corrected chi connectivity index (χ4v) is 3.63. The molecule has 1 aliphatic heterocycles. The van der Waals surface area contributed by atoms with Gasteiger partial charge in [-0.25, -0.2) is 17.9 Å². The maximum atomic E-state index is 12.3. The van der Waals surface area contributed by atoms with Gasteiger partial charge in [0, 0.05) is 25.1 Å². The smallest absolute Gasteiger partial charge is 0.373 e. The van der Waals surface area contributed by atoms with Crippen LogP contribution in [0.25, 0.3) is 0 Å². The molecule has 1 aromatic rings. The Balaban J connectivity index is 0.00000242. The van der Waals surface area contributed by atoms with Crippen molar-refractivity contribution in [1.29, 1.82) is 0 Å². The summed E-state index contributed by atoms with van der Waals surface area (Å²) < 4.78 is 37.1. The van der Waals surface area contributed by atoms with Crippen LogP contribution >= 0.6 is 12.4 Å². The van der Waals surface area contributed by atoms with Crippen LogP contribution in [-0.4, -0.2) is 40.6 Å². The van der Waals surface area contributed by atoms with Crippen LogP contribution in [0.1, 0.15) is 36.1 Å². The number of furan rings is 1. The van der Waals surface area contributed by atoms with Crippen molar-refractivity contribution in [2.75, 3.05) is 20.2 Å². The number of esters is 1. The van der Waals surface area contributed by atoms with E-state index in [2.05, 4.69) is 14.8 Å². The summed E-state index contributed by atoms with van der Waals surface area (Å²) in [6, 6.07) is 1.37. The van der Waals surface area contributed by atoms with Crippen LogP contribution < -0.4 is 10.0 Å². The third-order valence-electron chi connectivity index (χ3n) is 3.45. The average molecular weight is 353 g/mol. The summed E-state index contributed by atoms with van der Waals surface area (Å²) in [6.45, 7) is 2.99. The van der Waals surface area contributed by atoms with Gasteiger partial charge >= 0.3 is 5.97 Å². The fraction of sp³-hybridized carbons (Fsp3) is 0.615. The highest BCUT2D eigenvalue weighted by molar-refractivity contribution is 7.89. The SMILES string of the molecule is CCc1oc(C(=O)OC)cc1S(=O)(=O)NCC1CCCN1.Cl. The highest BCUT2D eigenvalue weighted by Gasteiger charge is 2.26. The zero-order valence-electron chi connectivity index (χ0n) is 12.5. The average Bonchev–Trinajstić information content (AvgIpc) is 3.13. The van der Waals surface area contributed by atoms with Gasteiger partial charge in [-0.1, -0.05) is 6.92 Å². The second-order valence-corrected chi connectivity index (χ2v) is 6.62. The molecule has 126 valence electrons. The van der Waals surface area contributed by atoms with Crippen LogP contribution in [0.3, 0.4) is 0 Å². The summed E-state index contributed by atoms with van der Waals surface area (Å²) >= 11 is 0. The molecule has 1 unspecified atom stereocenters. The van der Waals surface area contributed by atoms with Gasteiger partial charge in [0.05, 0.1) is 7.11 Å². The second-order valence-electron chi connectivity index (χ2n) is 4.89. The van der Waals surface area contributed by atoms with Crippen molar-refractivity contribution in [3.8, 4) is 0 Å². The Morgan fingerprint density at radius 1 is 1.55 bits per heavy atom. The van der Waals surface area contributed by atoms with Crippen molar-refractivity contribution in [3.63, 3.8) is 0 Å². The Bertz CT molecular complexity index is 608. The number of hydrogen-bond donors (Lipinski definition) is 2. The molecular weight excluding hydrogens is 332 g/mol. The molecule has 0 spiro atoms. The number of carbonyl (C=O) groups excluding carboxylic acids is 1. The van der Waals surface area contributed by atoms with E-state index in [1.54, 1.807) is 6.92 Å². The zero-order chi connectivity index (χ0) is 15.5. The van der Waals surface area contributed by atoms with E-state index in [1.165, 1.54) is 13.2 Å². The minimum absolute atomic E-state index is 0. The first-order valence-corrected chi connectivity index (χ1v) is 8.40. The molecule has 9 heteroatoms. The molecule has 1 aliphatic rings. The van der Waals surface area contributed by atoms with Crippen LogP contribution in [0.15, 0.2) is 15.4 Å². The number of carbonyl (C=O) groups is 1. The highest BCUT2D eigenvalue weighted by Crippen LogP contribution is 2.22. The predicted octanol–water partition coefficient (Wildman–Crippen LogP) is 1.08. The summed E-state index contributed by atoms with van der Waals surface area (Å²) in [4.78, 5) is 11.5. The molecule has 0 radical (unpaired) electrons. The Morgan fingerprint density at radius 3 is 2.82 bits per heavy atom. The fourth-order valence-electron chi connectivity index (χ4n) is 2.31. The number of ether oxygens (including phenoxy) is 1. The van der Waals surface area contributed by atoms with E-state index in [-0.39, 0.29) is 34.9 Å². The van der Waals surface area contributed by atoms with Crippen LogP contribution in [0.4, 0.5) is 0 Å². The van der Waals surface area contributed by atoms with Crippen molar-refractivity contribution >= 4 is 28.4 Å². The summed E-state index contributed by atoms with van der Waals surface area (Å²) in [5.41, 5.74) is 0. The van der Waals surface area contributed by atoms with Gasteiger partial charge in [0.25, 0.3) is 0 Å². The van der Waals surface area contributed by atoms with Gasteiger partial charge < -0.3 is 14.5 Å². The van der Waals surface area contributed by atoms with Crippen molar-refractivity contribution in [3.05, 3.63) is 17.6 Å². The first-order chi connectivity index (χ1) is 9.97. The maximum absolute atomic E-state index is 12.3. The molecule has 7 nitrogen and oxygen atoms in total. The van der Waals surface area contributed by atoms with Crippen molar-refractivity contribution in [1.82, 2.24) is 10.0 Å². The molecule has 0 bridgehead atoms. The molecule has 2 heterocycles. The number of nitrogens with one attached hydrogen (secondary N) is 2. The van der Waals surface area contributed by atoms with Crippen molar-refractivity contribution < 1.29 is 22.4 Å². The quantitative estimate of drug-likeness (QED) is 0.743. The number of sulfonamides is 1. The Hall–Kier alpha value is -1.09. The molecule has 0 aromatic carbocycles. The Labute approximate surface area is 136 Å². The summed E-state index contributed by atoms with van der Waals surface area (Å²) in [5, 5.41) is 3.22. The molecular formula is C13H21ClN2O5S. The maximum Gasteiger partial charge on any atom is 0.373 e. The molecule has 0 saturated carbocycles. The van der Waals surface area contributed by atoms with E-state index in [4.69, 9.17) is 4.42 Å². The number of methoxy groups -OCH3 is 1. The van der Waals surface area contributed by atoms with Crippen molar-refractivity contribution in [2.45, 2.75) is 37.1 Å². The summed E-state index contributed by atoms with van der Waals surface area (Å²) in [5.74, 6) is -0.542. The van der Waals surface area contributed by atoms with E-state index in [0.717, 1.165) is 19.4 Å². The molecule has 1 atom stereocenters. The Kier molecular flexibility index (Phi) is 6.86. The molecule has 2 rings (SSSR count). The first-order valence-electron chi connectivity index (χ1n) is 6.92. The number of aryl methyl sites for hydroxylation is 1. The van der Waals surface area contributed by atoms with Gasteiger partial charge in [-0.05, 0) is 19.4 Å². The van der Waals surface area contributed by atoms with E-state index in [9.17, 15) is 13.2 Å². The lowest BCUT2D eigenvalue weighted by molar-refractivity contribution is 0.0563. The lowest BCUT2D eigenvalue weighted by Crippen LogP contribution is -2.37.